The Morgan fingerprint density at radius 1 is 0.724 bits per heavy atom. The topological polar surface area (TPSA) is 89.8 Å². The molecule has 0 aliphatic heterocycles. The van der Waals surface area contributed by atoms with Crippen LogP contribution in [-0.4, -0.2) is 31.2 Å². The third-order valence-corrected chi connectivity index (χ3v) is 5.90. The zero-order chi connectivity index (χ0) is 20.9. The molecule has 0 unspecified atom stereocenters. The Labute approximate surface area is 202 Å². The summed E-state index contributed by atoms with van der Waals surface area (Å²) in [4.78, 5) is 3.82. The first-order valence-corrected chi connectivity index (χ1v) is 13.2. The Morgan fingerprint density at radius 2 is 1.10 bits per heavy atom. The van der Waals surface area contributed by atoms with Crippen LogP contribution < -0.4 is 34.7 Å². The number of hydrogen-bond donors (Lipinski definition) is 1. The van der Waals surface area contributed by atoms with Crippen molar-refractivity contribution >= 4 is 16.0 Å². The van der Waals surface area contributed by atoms with Crippen molar-refractivity contribution < 1.29 is 47.6 Å². The predicted molar refractivity (Wildman–Crippen MR) is 117 cm³/mol. The van der Waals surface area contributed by atoms with Gasteiger partial charge in [-0.25, -0.2) is 0 Å². The number of hydrogen-bond acceptors (Lipinski definition) is 4. The van der Waals surface area contributed by atoms with E-state index in [1.165, 1.54) is 89.9 Å². The number of aliphatic imine (C=N–C) groups is 1. The average Bonchev–Trinajstić information content (AvgIpc) is 2.64. The van der Waals surface area contributed by atoms with E-state index >= 15 is 0 Å². The summed E-state index contributed by atoms with van der Waals surface area (Å²) in [6.07, 6.45) is 21.5. The van der Waals surface area contributed by atoms with Crippen LogP contribution >= 0.6 is 0 Å². The standard InChI is InChI=1S/C22H45NO4S.Na/c1-2-3-4-5-6-7-8-9-10-11-12-13-14-15-16-17-19-22(24)23-20-18-21-28(25,26)27;/h2-21H2,1H3,(H,23,24)(H,25,26,27);/q;+1/p-1. The van der Waals surface area contributed by atoms with E-state index in [1.54, 1.807) is 0 Å². The third-order valence-electron chi connectivity index (χ3n) is 5.09. The maximum atomic E-state index is 11.5. The van der Waals surface area contributed by atoms with Gasteiger partial charge in [0, 0.05) is 6.54 Å². The van der Waals surface area contributed by atoms with Crippen molar-refractivity contribution in [2.45, 2.75) is 122 Å². The molecule has 0 heterocycles. The normalized spacial score (nSPS) is 12.1. The first-order valence-electron chi connectivity index (χ1n) is 11.6. The van der Waals surface area contributed by atoms with Crippen LogP contribution in [0.3, 0.4) is 0 Å². The summed E-state index contributed by atoms with van der Waals surface area (Å²) in [7, 11) is -3.94. The van der Waals surface area contributed by atoms with E-state index in [0.29, 0.717) is 6.42 Å². The van der Waals surface area contributed by atoms with Crippen LogP contribution in [0.5, 0.6) is 0 Å². The molecule has 0 radical (unpaired) electrons. The molecule has 29 heavy (non-hydrogen) atoms. The van der Waals surface area contributed by atoms with Gasteiger partial charge in [0.2, 0.25) is 0 Å². The Morgan fingerprint density at radius 3 is 1.48 bits per heavy atom. The minimum Gasteiger partial charge on any atom is -0.862 e. The Balaban J connectivity index is 0. The van der Waals surface area contributed by atoms with E-state index < -0.39 is 10.1 Å². The molecule has 0 amide bonds. The van der Waals surface area contributed by atoms with E-state index in [0.717, 1.165) is 12.8 Å². The van der Waals surface area contributed by atoms with E-state index in [1.807, 2.05) is 0 Å². The first-order chi connectivity index (χ1) is 13.5. The van der Waals surface area contributed by atoms with Crippen molar-refractivity contribution in [3.05, 3.63) is 0 Å². The molecule has 0 saturated heterocycles. The van der Waals surface area contributed by atoms with Crippen LogP contribution in [0, 0.1) is 0 Å². The van der Waals surface area contributed by atoms with Gasteiger partial charge in [-0.3, -0.25) is 4.55 Å². The van der Waals surface area contributed by atoms with Crippen LogP contribution in [0.2, 0.25) is 0 Å². The molecule has 0 bridgehead atoms. The van der Waals surface area contributed by atoms with Gasteiger partial charge in [0.25, 0.3) is 10.1 Å². The molecule has 0 aromatic heterocycles. The van der Waals surface area contributed by atoms with Crippen molar-refractivity contribution in [3.8, 4) is 0 Å². The van der Waals surface area contributed by atoms with Gasteiger partial charge in [-0.05, 0) is 25.2 Å². The largest absolute Gasteiger partial charge is 1.00 e. The summed E-state index contributed by atoms with van der Waals surface area (Å²) in [5.74, 6) is -0.483. The molecule has 0 aliphatic rings. The fourth-order valence-corrected chi connectivity index (χ4v) is 3.85. The van der Waals surface area contributed by atoms with Crippen LogP contribution in [0.15, 0.2) is 4.99 Å². The van der Waals surface area contributed by atoms with Crippen molar-refractivity contribution in [1.82, 2.24) is 0 Å². The Kier molecular flexibility index (Phi) is 25.1. The Bertz CT molecular complexity index is 469. The van der Waals surface area contributed by atoms with Gasteiger partial charge in [0.15, 0.2) is 0 Å². The molecular formula is C22H44NNaO4S. The number of unbranched alkanes of at least 4 members (excludes halogenated alkanes) is 15. The summed E-state index contributed by atoms with van der Waals surface area (Å²) in [6.45, 7) is 2.44. The summed E-state index contributed by atoms with van der Waals surface area (Å²) < 4.78 is 29.7. The van der Waals surface area contributed by atoms with Gasteiger partial charge >= 0.3 is 29.6 Å². The molecule has 0 aromatic rings. The maximum Gasteiger partial charge on any atom is 1.00 e. The molecule has 168 valence electrons. The van der Waals surface area contributed by atoms with E-state index in [9.17, 15) is 13.5 Å². The molecule has 0 aromatic carbocycles. The second-order valence-electron chi connectivity index (χ2n) is 7.97. The van der Waals surface area contributed by atoms with Gasteiger partial charge in [0.1, 0.15) is 0 Å². The van der Waals surface area contributed by atoms with Crippen LogP contribution in [0.25, 0.3) is 0 Å². The predicted octanol–water partition coefficient (Wildman–Crippen LogP) is 2.68. The minimum atomic E-state index is -3.94. The number of nitrogens with zero attached hydrogens (tertiary/aromatic N) is 1. The van der Waals surface area contributed by atoms with Gasteiger partial charge in [-0.2, -0.15) is 8.42 Å². The second-order valence-corrected chi connectivity index (χ2v) is 9.54. The van der Waals surface area contributed by atoms with Gasteiger partial charge in [-0.15, -0.1) is 0 Å². The van der Waals surface area contributed by atoms with Crippen LogP contribution in [0.4, 0.5) is 0 Å². The Hall–Kier alpha value is 0.380. The second kappa shape index (κ2) is 23.1. The van der Waals surface area contributed by atoms with Crippen molar-refractivity contribution in [1.29, 1.82) is 0 Å². The molecule has 0 spiro atoms. The summed E-state index contributed by atoms with van der Waals surface area (Å²) in [5, 5.41) is 11.5. The maximum absolute atomic E-state index is 11.5. The zero-order valence-electron chi connectivity index (χ0n) is 19.2. The monoisotopic (exact) mass is 441 g/mol. The molecule has 1 N–H and O–H groups in total. The SMILES string of the molecule is CCCCCCCCCCCCCCCCCCC([O-])=NCCCS(=O)(=O)O.[Na+]. The summed E-state index contributed by atoms with van der Waals surface area (Å²) in [5.41, 5.74) is 0. The third kappa shape index (κ3) is 28.4. The van der Waals surface area contributed by atoms with Gasteiger partial charge < -0.3 is 10.1 Å². The molecule has 0 aliphatic carbocycles. The molecule has 0 fully saturated rings. The van der Waals surface area contributed by atoms with Crippen LogP contribution in [-0.2, 0) is 10.1 Å². The van der Waals surface area contributed by atoms with Crippen molar-refractivity contribution in [2.75, 3.05) is 12.3 Å². The smallest absolute Gasteiger partial charge is 0.862 e. The van der Waals surface area contributed by atoms with E-state index in [2.05, 4.69) is 11.9 Å². The molecular weight excluding hydrogens is 397 g/mol. The summed E-state index contributed by atoms with van der Waals surface area (Å²) >= 11 is 0. The quantitative estimate of drug-likeness (QED) is 0.0975. The van der Waals surface area contributed by atoms with Crippen LogP contribution in [0.1, 0.15) is 122 Å². The fraction of sp³-hybridized carbons (Fsp3) is 0.955. The van der Waals surface area contributed by atoms with E-state index in [-0.39, 0.29) is 54.2 Å². The van der Waals surface area contributed by atoms with Crippen molar-refractivity contribution in [2.24, 2.45) is 4.99 Å². The summed E-state index contributed by atoms with van der Waals surface area (Å²) in [6, 6.07) is 0. The zero-order valence-corrected chi connectivity index (χ0v) is 22.0. The molecule has 7 heteroatoms. The van der Waals surface area contributed by atoms with E-state index in [4.69, 9.17) is 4.55 Å². The minimum absolute atomic E-state index is 0. The molecule has 0 saturated carbocycles. The van der Waals surface area contributed by atoms with Gasteiger partial charge in [0.05, 0.1) is 5.75 Å². The number of rotatable bonds is 21. The first kappa shape index (κ1) is 31.6. The average molecular weight is 442 g/mol. The van der Waals surface area contributed by atoms with Crippen molar-refractivity contribution in [3.63, 3.8) is 0 Å². The molecule has 0 rings (SSSR count). The van der Waals surface area contributed by atoms with Gasteiger partial charge in [-0.1, -0.05) is 103 Å². The fourth-order valence-electron chi connectivity index (χ4n) is 3.35. The molecule has 5 nitrogen and oxygen atoms in total. The molecule has 0 atom stereocenters.